The van der Waals surface area contributed by atoms with Crippen LogP contribution in [0.15, 0.2) is 22.6 Å². The first kappa shape index (κ1) is 15.5. The number of nitrogens with zero attached hydrogens (tertiary/aromatic N) is 2. The maximum Gasteiger partial charge on any atom is 0.227 e. The number of halogens is 1. The molecule has 1 aliphatic rings. The molecule has 122 valence electrons. The molecular weight excluding hydrogens is 299 g/mol. The van der Waals surface area contributed by atoms with Crippen LogP contribution in [0.1, 0.15) is 29.8 Å². The largest absolute Gasteiger partial charge is 0.494 e. The minimum Gasteiger partial charge on any atom is -0.494 e. The molecule has 0 saturated heterocycles. The van der Waals surface area contributed by atoms with E-state index in [9.17, 15) is 9.18 Å². The lowest BCUT2D eigenvalue weighted by molar-refractivity contribution is -0.131. The van der Waals surface area contributed by atoms with Gasteiger partial charge in [-0.3, -0.25) is 4.79 Å². The molecule has 0 radical (unpaired) electrons. The summed E-state index contributed by atoms with van der Waals surface area (Å²) in [6.07, 6.45) is 0.699. The number of fused-ring (bicyclic) bond motifs is 1. The van der Waals surface area contributed by atoms with E-state index in [-0.39, 0.29) is 12.3 Å². The van der Waals surface area contributed by atoms with Gasteiger partial charge in [0.15, 0.2) is 5.89 Å². The van der Waals surface area contributed by atoms with Crippen molar-refractivity contribution in [2.24, 2.45) is 0 Å². The van der Waals surface area contributed by atoms with E-state index >= 15 is 0 Å². The summed E-state index contributed by atoms with van der Waals surface area (Å²) < 4.78 is 24.8. The molecule has 0 fully saturated rings. The smallest absolute Gasteiger partial charge is 0.227 e. The van der Waals surface area contributed by atoms with E-state index in [1.54, 1.807) is 24.0 Å². The van der Waals surface area contributed by atoms with Gasteiger partial charge in [-0.05, 0) is 18.6 Å². The molecule has 0 saturated carbocycles. The number of hydrogen-bond acceptors (Lipinski definition) is 4. The average Bonchev–Trinajstić information content (AvgIpc) is 2.89. The Morgan fingerprint density at radius 2 is 2.30 bits per heavy atom. The fraction of sp³-hybridized carbons (Fsp3) is 0.412. The van der Waals surface area contributed by atoms with Crippen molar-refractivity contribution in [3.05, 3.63) is 46.9 Å². The van der Waals surface area contributed by atoms with Gasteiger partial charge in [0.2, 0.25) is 5.91 Å². The van der Waals surface area contributed by atoms with E-state index in [1.165, 1.54) is 6.07 Å². The van der Waals surface area contributed by atoms with Crippen LogP contribution in [-0.4, -0.2) is 28.9 Å². The zero-order chi connectivity index (χ0) is 16.4. The van der Waals surface area contributed by atoms with Crippen molar-refractivity contribution >= 4 is 5.91 Å². The number of hydrogen-bond donors (Lipinski definition) is 0. The summed E-state index contributed by atoms with van der Waals surface area (Å²) in [4.78, 5) is 18.4. The van der Waals surface area contributed by atoms with E-state index in [1.807, 2.05) is 6.92 Å². The number of carbonyl (C=O) groups excluding carboxylic acids is 1. The van der Waals surface area contributed by atoms with Gasteiger partial charge in [0.1, 0.15) is 17.3 Å². The Kier molecular flexibility index (Phi) is 4.32. The predicted molar refractivity (Wildman–Crippen MR) is 81.6 cm³/mol. The maximum absolute atomic E-state index is 14.1. The number of aryl methyl sites for hydroxylation is 1. The second-order valence-electron chi connectivity index (χ2n) is 5.53. The molecule has 1 aromatic carbocycles. The summed E-state index contributed by atoms with van der Waals surface area (Å²) in [6.45, 7) is 5.08. The van der Waals surface area contributed by atoms with Gasteiger partial charge in [-0.15, -0.1) is 0 Å². The highest BCUT2D eigenvalue weighted by Gasteiger charge is 2.25. The minimum atomic E-state index is -0.419. The van der Waals surface area contributed by atoms with Crippen molar-refractivity contribution in [1.82, 2.24) is 9.88 Å². The highest BCUT2D eigenvalue weighted by Crippen LogP contribution is 2.22. The van der Waals surface area contributed by atoms with Gasteiger partial charge in [-0.2, -0.15) is 0 Å². The van der Waals surface area contributed by atoms with E-state index < -0.39 is 5.82 Å². The van der Waals surface area contributed by atoms with Crippen molar-refractivity contribution in [3.8, 4) is 5.75 Å². The predicted octanol–water partition coefficient (Wildman–Crippen LogP) is 2.65. The van der Waals surface area contributed by atoms with Gasteiger partial charge in [0, 0.05) is 26.0 Å². The maximum atomic E-state index is 14.1. The molecule has 3 rings (SSSR count). The average molecular weight is 318 g/mol. The Hall–Kier alpha value is -2.37. The lowest BCUT2D eigenvalue weighted by atomic mass is 10.1. The first-order chi connectivity index (χ1) is 11.1. The van der Waals surface area contributed by atoms with Crippen LogP contribution in [0.3, 0.4) is 0 Å². The van der Waals surface area contributed by atoms with Gasteiger partial charge < -0.3 is 14.1 Å². The summed E-state index contributed by atoms with van der Waals surface area (Å²) in [6, 6.07) is 4.61. The molecule has 1 amide bonds. The van der Waals surface area contributed by atoms with Crippen molar-refractivity contribution in [1.29, 1.82) is 0 Å². The molecule has 0 atom stereocenters. The standard InChI is InChI=1S/C17H19FN2O3/c1-3-22-13-5-4-12(14(18)9-13)8-17(21)20-7-6-15-16(10-20)23-11(2)19-15/h4-5,9H,3,6-8,10H2,1-2H3. The first-order valence-corrected chi connectivity index (χ1v) is 7.71. The normalized spacial score (nSPS) is 13.8. The molecule has 5 nitrogen and oxygen atoms in total. The third-order valence-electron chi connectivity index (χ3n) is 3.87. The van der Waals surface area contributed by atoms with Crippen molar-refractivity contribution in [2.75, 3.05) is 13.2 Å². The number of carbonyl (C=O) groups is 1. The Balaban J connectivity index is 1.68. The van der Waals surface area contributed by atoms with Crippen LogP contribution in [0.5, 0.6) is 5.75 Å². The lowest BCUT2D eigenvalue weighted by Gasteiger charge is -2.25. The van der Waals surface area contributed by atoms with Gasteiger partial charge >= 0.3 is 0 Å². The zero-order valence-corrected chi connectivity index (χ0v) is 13.3. The number of rotatable bonds is 4. The van der Waals surface area contributed by atoms with Gasteiger partial charge in [0.05, 0.1) is 25.3 Å². The molecule has 0 spiro atoms. The van der Waals surface area contributed by atoms with Crippen LogP contribution in [0.2, 0.25) is 0 Å². The Labute approximate surface area is 134 Å². The summed E-state index contributed by atoms with van der Waals surface area (Å²) in [7, 11) is 0. The van der Waals surface area contributed by atoms with Crippen molar-refractivity contribution in [2.45, 2.75) is 33.2 Å². The number of oxazole rings is 1. The number of ether oxygens (including phenoxy) is 1. The van der Waals surface area contributed by atoms with Crippen LogP contribution in [0.4, 0.5) is 4.39 Å². The van der Waals surface area contributed by atoms with Crippen molar-refractivity contribution < 1.29 is 18.3 Å². The Morgan fingerprint density at radius 3 is 3.04 bits per heavy atom. The molecule has 1 aliphatic heterocycles. The van der Waals surface area contributed by atoms with Gasteiger partial charge in [-0.25, -0.2) is 9.37 Å². The second-order valence-corrected chi connectivity index (χ2v) is 5.53. The van der Waals surface area contributed by atoms with Crippen LogP contribution in [0.25, 0.3) is 0 Å². The fourth-order valence-corrected chi connectivity index (χ4v) is 2.74. The van der Waals surface area contributed by atoms with Gasteiger partial charge in [-0.1, -0.05) is 6.07 Å². The van der Waals surface area contributed by atoms with E-state index in [0.717, 1.165) is 11.5 Å². The SMILES string of the molecule is CCOc1ccc(CC(=O)N2CCc3nc(C)oc3C2)c(F)c1. The molecule has 23 heavy (non-hydrogen) atoms. The second kappa shape index (κ2) is 6.40. The first-order valence-electron chi connectivity index (χ1n) is 7.71. The van der Waals surface area contributed by atoms with Crippen LogP contribution >= 0.6 is 0 Å². The molecule has 0 unspecified atom stereocenters. The third-order valence-corrected chi connectivity index (χ3v) is 3.87. The minimum absolute atomic E-state index is 0.0285. The van der Waals surface area contributed by atoms with Gasteiger partial charge in [0.25, 0.3) is 0 Å². The molecule has 2 aromatic rings. The highest BCUT2D eigenvalue weighted by molar-refractivity contribution is 5.79. The topological polar surface area (TPSA) is 55.6 Å². The van der Waals surface area contributed by atoms with Crippen LogP contribution < -0.4 is 4.74 Å². The van der Waals surface area contributed by atoms with Crippen LogP contribution in [0, 0.1) is 12.7 Å². The molecular formula is C17H19FN2O3. The number of amides is 1. The van der Waals surface area contributed by atoms with E-state index in [0.29, 0.717) is 43.3 Å². The number of benzene rings is 1. The zero-order valence-electron chi connectivity index (χ0n) is 13.3. The quantitative estimate of drug-likeness (QED) is 0.869. The molecule has 2 heterocycles. The van der Waals surface area contributed by atoms with E-state index in [2.05, 4.69) is 4.98 Å². The molecule has 1 aromatic heterocycles. The summed E-state index contributed by atoms with van der Waals surface area (Å²) in [5.74, 6) is 1.28. The highest BCUT2D eigenvalue weighted by atomic mass is 19.1. The Morgan fingerprint density at radius 1 is 1.48 bits per heavy atom. The molecule has 0 N–H and O–H groups in total. The Bertz CT molecular complexity index is 727. The van der Waals surface area contributed by atoms with Crippen molar-refractivity contribution in [3.63, 3.8) is 0 Å². The summed E-state index contributed by atoms with van der Waals surface area (Å²) >= 11 is 0. The molecule has 0 bridgehead atoms. The molecule has 6 heteroatoms. The fourth-order valence-electron chi connectivity index (χ4n) is 2.74. The molecule has 0 aliphatic carbocycles. The third kappa shape index (κ3) is 3.36. The van der Waals surface area contributed by atoms with E-state index in [4.69, 9.17) is 9.15 Å². The summed E-state index contributed by atoms with van der Waals surface area (Å²) in [5, 5.41) is 0. The summed E-state index contributed by atoms with van der Waals surface area (Å²) in [5.41, 5.74) is 1.29. The van der Waals surface area contributed by atoms with Crippen LogP contribution in [-0.2, 0) is 24.2 Å². The monoisotopic (exact) mass is 318 g/mol. The number of aromatic nitrogens is 1. The lowest BCUT2D eigenvalue weighted by Crippen LogP contribution is -2.36.